The van der Waals surface area contributed by atoms with E-state index in [1.165, 1.54) is 19.2 Å². The Morgan fingerprint density at radius 2 is 1.49 bits per heavy atom. The van der Waals surface area contributed by atoms with Crippen LogP contribution in [0.3, 0.4) is 0 Å². The largest absolute Gasteiger partial charge is 0.497 e. The molecule has 7 nitrogen and oxygen atoms in total. The summed E-state index contributed by atoms with van der Waals surface area (Å²) in [6.45, 7) is 12.8. The highest BCUT2D eigenvalue weighted by Gasteiger charge is 2.36. The van der Waals surface area contributed by atoms with E-state index >= 15 is 0 Å². The van der Waals surface area contributed by atoms with Gasteiger partial charge < -0.3 is 28.8 Å². The number of benzene rings is 2. The molecular formula is C35H47F3O7. The Hall–Kier alpha value is -3.24. The molecule has 45 heavy (non-hydrogen) atoms. The van der Waals surface area contributed by atoms with Gasteiger partial charge in [0.2, 0.25) is 0 Å². The molecule has 250 valence electrons. The highest BCUT2D eigenvalue weighted by atomic mass is 19.4. The van der Waals surface area contributed by atoms with E-state index in [1.54, 1.807) is 24.3 Å². The molecule has 0 aliphatic rings. The van der Waals surface area contributed by atoms with Crippen LogP contribution in [-0.2, 0) is 15.7 Å². The SMILES string of the molecule is COc1ccc(-c2cc3ccc(OCCCC(O)C(O)CCCOC(=O)C(CC(C)(C)C)C(C)(C)C)cc3o2)c(C(F)(F)F)c1. The number of aliphatic hydroxyl groups is 2. The van der Waals surface area contributed by atoms with Crippen LogP contribution in [0.2, 0.25) is 0 Å². The first-order valence-electron chi connectivity index (χ1n) is 15.3. The number of aliphatic hydroxyl groups excluding tert-OH is 2. The summed E-state index contributed by atoms with van der Waals surface area (Å²) in [7, 11) is 1.31. The number of hydrogen-bond acceptors (Lipinski definition) is 7. The average molecular weight is 637 g/mol. The second-order valence-corrected chi connectivity index (χ2v) is 13.8. The molecule has 0 amide bonds. The Morgan fingerprint density at radius 1 is 0.867 bits per heavy atom. The topological polar surface area (TPSA) is 98.4 Å². The maximum atomic E-state index is 13.7. The van der Waals surface area contributed by atoms with E-state index in [4.69, 9.17) is 18.6 Å². The van der Waals surface area contributed by atoms with Gasteiger partial charge in [-0.25, -0.2) is 0 Å². The monoisotopic (exact) mass is 636 g/mol. The summed E-state index contributed by atoms with van der Waals surface area (Å²) in [6.07, 6.45) is -4.34. The molecule has 0 aliphatic heterocycles. The zero-order valence-electron chi connectivity index (χ0n) is 27.3. The number of carbonyl (C=O) groups is 1. The van der Waals surface area contributed by atoms with Crippen molar-refractivity contribution in [1.29, 1.82) is 0 Å². The zero-order valence-corrected chi connectivity index (χ0v) is 27.3. The first-order chi connectivity index (χ1) is 20.9. The molecule has 1 heterocycles. The smallest absolute Gasteiger partial charge is 0.417 e. The number of methoxy groups -OCH3 is 1. The second-order valence-electron chi connectivity index (χ2n) is 13.8. The van der Waals surface area contributed by atoms with Gasteiger partial charge in [-0.2, -0.15) is 13.2 Å². The van der Waals surface area contributed by atoms with E-state index in [-0.39, 0.29) is 59.4 Å². The van der Waals surface area contributed by atoms with Crippen LogP contribution in [0.1, 0.15) is 79.2 Å². The summed E-state index contributed by atoms with van der Waals surface area (Å²) in [6, 6.07) is 10.3. The molecule has 3 rings (SSSR count). The number of ether oxygens (including phenoxy) is 3. The van der Waals surface area contributed by atoms with Crippen LogP contribution in [0, 0.1) is 16.7 Å². The van der Waals surface area contributed by atoms with E-state index in [0.29, 0.717) is 42.4 Å². The lowest BCUT2D eigenvalue weighted by atomic mass is 9.72. The van der Waals surface area contributed by atoms with Crippen molar-refractivity contribution in [1.82, 2.24) is 0 Å². The fourth-order valence-corrected chi connectivity index (χ4v) is 5.12. The molecule has 10 heteroatoms. The van der Waals surface area contributed by atoms with Gasteiger partial charge in [-0.3, -0.25) is 4.79 Å². The average Bonchev–Trinajstić information content (AvgIpc) is 3.37. The van der Waals surface area contributed by atoms with Crippen molar-refractivity contribution >= 4 is 16.9 Å². The van der Waals surface area contributed by atoms with Crippen molar-refractivity contribution in [3.05, 3.63) is 48.0 Å². The summed E-state index contributed by atoms with van der Waals surface area (Å²) in [5, 5.41) is 21.4. The molecule has 3 aromatic rings. The van der Waals surface area contributed by atoms with Gasteiger partial charge in [-0.15, -0.1) is 0 Å². The van der Waals surface area contributed by atoms with Crippen LogP contribution >= 0.6 is 0 Å². The lowest BCUT2D eigenvalue weighted by Gasteiger charge is -2.33. The van der Waals surface area contributed by atoms with Crippen LogP contribution < -0.4 is 9.47 Å². The number of fused-ring (bicyclic) bond motifs is 1. The number of carbonyl (C=O) groups excluding carboxylic acids is 1. The van der Waals surface area contributed by atoms with Gasteiger partial charge in [0.25, 0.3) is 0 Å². The maximum Gasteiger partial charge on any atom is 0.417 e. The van der Waals surface area contributed by atoms with Crippen molar-refractivity contribution in [3.8, 4) is 22.8 Å². The van der Waals surface area contributed by atoms with E-state index in [9.17, 15) is 28.2 Å². The minimum absolute atomic E-state index is 0.0158. The van der Waals surface area contributed by atoms with Crippen LogP contribution in [0.15, 0.2) is 46.9 Å². The van der Waals surface area contributed by atoms with E-state index in [2.05, 4.69) is 20.8 Å². The predicted octanol–water partition coefficient (Wildman–Crippen LogP) is 8.43. The Bertz CT molecular complexity index is 1400. The number of hydrogen-bond donors (Lipinski definition) is 2. The molecule has 0 bridgehead atoms. The Kier molecular flexibility index (Phi) is 12.0. The van der Waals surface area contributed by atoms with Gasteiger partial charge in [-0.1, -0.05) is 41.5 Å². The summed E-state index contributed by atoms with van der Waals surface area (Å²) in [4.78, 5) is 12.7. The van der Waals surface area contributed by atoms with E-state index < -0.39 is 23.9 Å². The van der Waals surface area contributed by atoms with Crippen molar-refractivity contribution < 1.29 is 46.8 Å². The lowest BCUT2D eigenvalue weighted by Crippen LogP contribution is -2.34. The van der Waals surface area contributed by atoms with Gasteiger partial charge in [-0.05, 0) is 79.3 Å². The lowest BCUT2D eigenvalue weighted by molar-refractivity contribution is -0.154. The standard InChI is InChI=1S/C35H47F3O7/c1-33(2,3)21-27(34(4,5)6)32(41)44-17-9-11-29(40)28(39)10-8-16-43-24-13-12-22-18-31(45-30(22)20-24)25-15-14-23(42-7)19-26(25)35(36,37)38/h12-15,18-20,27-29,39-40H,8-11,16-17,21H2,1-7H3. The third-order valence-corrected chi connectivity index (χ3v) is 7.68. The number of halogens is 3. The summed E-state index contributed by atoms with van der Waals surface area (Å²) < 4.78 is 63.1. The van der Waals surface area contributed by atoms with Gasteiger partial charge in [0, 0.05) is 17.0 Å². The Balaban J connectivity index is 1.46. The van der Waals surface area contributed by atoms with Crippen LogP contribution in [0.4, 0.5) is 13.2 Å². The molecule has 0 spiro atoms. The van der Waals surface area contributed by atoms with Crippen molar-refractivity contribution in [2.75, 3.05) is 20.3 Å². The molecular weight excluding hydrogens is 589 g/mol. The summed E-state index contributed by atoms with van der Waals surface area (Å²) >= 11 is 0. The van der Waals surface area contributed by atoms with Gasteiger partial charge in [0.05, 0.1) is 44.0 Å². The predicted molar refractivity (Wildman–Crippen MR) is 167 cm³/mol. The molecule has 0 saturated heterocycles. The second kappa shape index (κ2) is 14.9. The normalized spacial score (nSPS) is 14.7. The number of rotatable bonds is 14. The van der Waals surface area contributed by atoms with Gasteiger partial charge >= 0.3 is 12.1 Å². The fraction of sp³-hybridized carbons (Fsp3) is 0.571. The Morgan fingerprint density at radius 3 is 2.07 bits per heavy atom. The third-order valence-electron chi connectivity index (χ3n) is 7.68. The molecule has 0 fully saturated rings. The molecule has 3 unspecified atom stereocenters. The highest BCUT2D eigenvalue weighted by Crippen LogP contribution is 2.41. The Labute approximate surface area is 263 Å². The number of esters is 1. The summed E-state index contributed by atoms with van der Waals surface area (Å²) in [5.41, 5.74) is -0.827. The first kappa shape index (κ1) is 36.2. The number of alkyl halides is 3. The van der Waals surface area contributed by atoms with Gasteiger partial charge in [0.1, 0.15) is 22.8 Å². The molecule has 0 radical (unpaired) electrons. The third kappa shape index (κ3) is 10.7. The zero-order chi connectivity index (χ0) is 33.6. The molecule has 0 saturated carbocycles. The molecule has 2 aromatic carbocycles. The molecule has 1 aromatic heterocycles. The number of furan rings is 1. The van der Waals surface area contributed by atoms with Crippen LogP contribution in [0.5, 0.6) is 11.5 Å². The fourth-order valence-electron chi connectivity index (χ4n) is 5.12. The first-order valence-corrected chi connectivity index (χ1v) is 15.3. The highest BCUT2D eigenvalue weighted by molar-refractivity contribution is 5.84. The maximum absolute atomic E-state index is 13.7. The quantitative estimate of drug-likeness (QED) is 0.135. The molecule has 2 N–H and O–H groups in total. The molecule has 0 aliphatic carbocycles. The minimum atomic E-state index is -4.59. The summed E-state index contributed by atoms with van der Waals surface area (Å²) in [5.74, 6) is 0.158. The van der Waals surface area contributed by atoms with Crippen molar-refractivity contribution in [2.45, 2.75) is 92.0 Å². The minimum Gasteiger partial charge on any atom is -0.497 e. The van der Waals surface area contributed by atoms with Crippen molar-refractivity contribution in [2.24, 2.45) is 16.7 Å². The van der Waals surface area contributed by atoms with Gasteiger partial charge in [0.15, 0.2) is 0 Å². The van der Waals surface area contributed by atoms with E-state index in [1.807, 2.05) is 20.8 Å². The van der Waals surface area contributed by atoms with Crippen molar-refractivity contribution in [3.63, 3.8) is 0 Å². The van der Waals surface area contributed by atoms with E-state index in [0.717, 1.165) is 6.07 Å². The van der Waals surface area contributed by atoms with Crippen LogP contribution in [-0.4, -0.2) is 48.7 Å². The molecule has 3 atom stereocenters. The van der Waals surface area contributed by atoms with Crippen LogP contribution in [0.25, 0.3) is 22.3 Å².